The highest BCUT2D eigenvalue weighted by Crippen LogP contribution is 2.05. The van der Waals surface area contributed by atoms with Crippen LogP contribution < -0.4 is 5.32 Å². The molecule has 2 nitrogen and oxygen atoms in total. The Balaban J connectivity index is 2.46. The van der Waals surface area contributed by atoms with Crippen LogP contribution in [0, 0.1) is 0 Å². The summed E-state index contributed by atoms with van der Waals surface area (Å²) in [4.78, 5) is 4.27. The van der Waals surface area contributed by atoms with Crippen molar-refractivity contribution in [1.29, 1.82) is 0 Å². The summed E-state index contributed by atoms with van der Waals surface area (Å²) in [5, 5.41) is 3.26. The number of allylic oxidation sites excluding steroid dienone is 1. The molecule has 1 aliphatic heterocycles. The number of aliphatic imine (C=N–C) groups is 1. The highest BCUT2D eigenvalue weighted by molar-refractivity contribution is 5.67. The number of hydrogen-bond acceptors (Lipinski definition) is 2. The van der Waals surface area contributed by atoms with Gasteiger partial charge in [0.1, 0.15) is 0 Å². The maximum absolute atomic E-state index is 4.27. The van der Waals surface area contributed by atoms with E-state index < -0.39 is 0 Å². The zero-order chi connectivity index (χ0) is 7.40. The van der Waals surface area contributed by atoms with Crippen LogP contribution in [-0.2, 0) is 0 Å². The molecule has 0 saturated carbocycles. The second-order valence-corrected chi connectivity index (χ2v) is 2.45. The Bertz CT molecular complexity index is 159. The third-order valence-corrected chi connectivity index (χ3v) is 1.69. The minimum atomic E-state index is 0.454. The molecule has 0 saturated heterocycles. The first-order valence-corrected chi connectivity index (χ1v) is 3.86. The summed E-state index contributed by atoms with van der Waals surface area (Å²) in [6.45, 7) is 4.26. The molecule has 0 aromatic rings. The monoisotopic (exact) mass is 138 g/mol. The van der Waals surface area contributed by atoms with Gasteiger partial charge < -0.3 is 5.32 Å². The Hall–Kier alpha value is -0.790. The van der Waals surface area contributed by atoms with Gasteiger partial charge in [-0.05, 0) is 12.8 Å². The molecule has 1 aliphatic rings. The van der Waals surface area contributed by atoms with Crippen molar-refractivity contribution >= 4 is 6.21 Å². The van der Waals surface area contributed by atoms with E-state index in [2.05, 4.69) is 24.2 Å². The van der Waals surface area contributed by atoms with Crippen LogP contribution >= 0.6 is 0 Å². The standard InChI is InChI=1S/C8H14N2/c1-3-7-5-10-8(4-2)6-9-7/h5-7,9H,3-4H2,1-2H3. The van der Waals surface area contributed by atoms with Gasteiger partial charge in [0.15, 0.2) is 0 Å². The Kier molecular flexibility index (Phi) is 2.49. The van der Waals surface area contributed by atoms with Crippen LogP contribution in [0.2, 0.25) is 0 Å². The summed E-state index contributed by atoms with van der Waals surface area (Å²) < 4.78 is 0. The predicted molar refractivity (Wildman–Crippen MR) is 44.1 cm³/mol. The summed E-state index contributed by atoms with van der Waals surface area (Å²) in [5.74, 6) is 0. The van der Waals surface area contributed by atoms with Crippen LogP contribution in [0.1, 0.15) is 26.7 Å². The predicted octanol–water partition coefficient (Wildman–Crippen LogP) is 1.69. The van der Waals surface area contributed by atoms with Crippen molar-refractivity contribution in [2.45, 2.75) is 32.7 Å². The van der Waals surface area contributed by atoms with Gasteiger partial charge >= 0.3 is 0 Å². The first-order chi connectivity index (χ1) is 4.86. The second kappa shape index (κ2) is 3.40. The van der Waals surface area contributed by atoms with E-state index in [-0.39, 0.29) is 0 Å². The van der Waals surface area contributed by atoms with Gasteiger partial charge in [0.2, 0.25) is 0 Å². The van der Waals surface area contributed by atoms with Crippen molar-refractivity contribution in [2.24, 2.45) is 4.99 Å². The molecule has 0 bridgehead atoms. The molecule has 1 unspecified atom stereocenters. The van der Waals surface area contributed by atoms with Crippen molar-refractivity contribution < 1.29 is 0 Å². The van der Waals surface area contributed by atoms with E-state index >= 15 is 0 Å². The van der Waals surface area contributed by atoms with Gasteiger partial charge in [-0.15, -0.1) is 0 Å². The van der Waals surface area contributed by atoms with Crippen LogP contribution in [0.25, 0.3) is 0 Å². The third kappa shape index (κ3) is 1.59. The molecule has 0 aliphatic carbocycles. The van der Waals surface area contributed by atoms with Crippen molar-refractivity contribution in [3.05, 3.63) is 11.9 Å². The summed E-state index contributed by atoms with van der Waals surface area (Å²) in [6.07, 6.45) is 6.12. The number of nitrogens with one attached hydrogen (secondary N) is 1. The first-order valence-electron chi connectivity index (χ1n) is 3.86. The van der Waals surface area contributed by atoms with E-state index in [1.165, 1.54) is 0 Å². The Labute approximate surface area is 62.0 Å². The van der Waals surface area contributed by atoms with E-state index in [4.69, 9.17) is 0 Å². The normalized spacial score (nSPS) is 23.8. The fourth-order valence-electron chi connectivity index (χ4n) is 0.886. The van der Waals surface area contributed by atoms with E-state index in [0.717, 1.165) is 18.5 Å². The topological polar surface area (TPSA) is 24.4 Å². The molecule has 1 N–H and O–H groups in total. The summed E-state index contributed by atoms with van der Waals surface area (Å²) in [6, 6.07) is 0.454. The summed E-state index contributed by atoms with van der Waals surface area (Å²) in [7, 11) is 0. The highest BCUT2D eigenvalue weighted by Gasteiger charge is 2.03. The van der Waals surface area contributed by atoms with E-state index in [9.17, 15) is 0 Å². The average molecular weight is 138 g/mol. The maximum Gasteiger partial charge on any atom is 0.0608 e. The number of hydrogen-bond donors (Lipinski definition) is 1. The molecule has 1 rings (SSSR count). The third-order valence-electron chi connectivity index (χ3n) is 1.69. The van der Waals surface area contributed by atoms with Gasteiger partial charge in [0.25, 0.3) is 0 Å². The molecule has 0 amide bonds. The minimum Gasteiger partial charge on any atom is -0.382 e. The molecule has 2 heteroatoms. The van der Waals surface area contributed by atoms with Crippen LogP contribution in [0.3, 0.4) is 0 Å². The molecule has 0 aromatic heterocycles. The lowest BCUT2D eigenvalue weighted by molar-refractivity contribution is 0.699. The van der Waals surface area contributed by atoms with Gasteiger partial charge in [0, 0.05) is 12.4 Å². The van der Waals surface area contributed by atoms with Gasteiger partial charge in [-0.25, -0.2) is 0 Å². The maximum atomic E-state index is 4.27. The van der Waals surface area contributed by atoms with E-state index in [1.54, 1.807) is 0 Å². The molecule has 0 spiro atoms. The molecule has 56 valence electrons. The molecule has 0 fully saturated rings. The van der Waals surface area contributed by atoms with Crippen LogP contribution in [-0.4, -0.2) is 12.3 Å². The zero-order valence-electron chi connectivity index (χ0n) is 6.59. The van der Waals surface area contributed by atoms with E-state index in [0.29, 0.717) is 6.04 Å². The van der Waals surface area contributed by atoms with Crippen molar-refractivity contribution in [3.63, 3.8) is 0 Å². The van der Waals surface area contributed by atoms with Gasteiger partial charge in [-0.1, -0.05) is 13.8 Å². The molecular weight excluding hydrogens is 124 g/mol. The lowest BCUT2D eigenvalue weighted by Gasteiger charge is -2.14. The van der Waals surface area contributed by atoms with Gasteiger partial charge in [0.05, 0.1) is 11.7 Å². The van der Waals surface area contributed by atoms with E-state index in [1.807, 2.05) is 12.4 Å². The van der Waals surface area contributed by atoms with Gasteiger partial charge in [-0.2, -0.15) is 0 Å². The molecule has 1 heterocycles. The second-order valence-electron chi connectivity index (χ2n) is 2.45. The lowest BCUT2D eigenvalue weighted by Crippen LogP contribution is -2.27. The fraction of sp³-hybridized carbons (Fsp3) is 0.625. The number of nitrogens with zero attached hydrogens (tertiary/aromatic N) is 1. The van der Waals surface area contributed by atoms with Crippen LogP contribution in [0.5, 0.6) is 0 Å². The largest absolute Gasteiger partial charge is 0.382 e. The molecule has 10 heavy (non-hydrogen) atoms. The van der Waals surface area contributed by atoms with Crippen molar-refractivity contribution in [1.82, 2.24) is 5.32 Å². The summed E-state index contributed by atoms with van der Waals surface area (Å²) >= 11 is 0. The van der Waals surface area contributed by atoms with Crippen LogP contribution in [0.15, 0.2) is 16.9 Å². The Morgan fingerprint density at radius 2 is 2.40 bits per heavy atom. The number of rotatable bonds is 2. The first kappa shape index (κ1) is 7.32. The van der Waals surface area contributed by atoms with Crippen molar-refractivity contribution in [3.8, 4) is 0 Å². The summed E-state index contributed by atoms with van der Waals surface area (Å²) in [5.41, 5.74) is 1.14. The Morgan fingerprint density at radius 3 is 2.80 bits per heavy atom. The molecule has 0 radical (unpaired) electrons. The molecule has 0 aromatic carbocycles. The fourth-order valence-corrected chi connectivity index (χ4v) is 0.886. The lowest BCUT2D eigenvalue weighted by atomic mass is 10.2. The highest BCUT2D eigenvalue weighted by atomic mass is 15.0. The Morgan fingerprint density at radius 1 is 1.60 bits per heavy atom. The van der Waals surface area contributed by atoms with Crippen LogP contribution in [0.4, 0.5) is 0 Å². The zero-order valence-corrected chi connectivity index (χ0v) is 6.59. The average Bonchev–Trinajstić information content (AvgIpc) is 2.05. The minimum absolute atomic E-state index is 0.454. The quantitative estimate of drug-likeness (QED) is 0.617. The molecule has 1 atom stereocenters. The van der Waals surface area contributed by atoms with Gasteiger partial charge in [-0.3, -0.25) is 4.99 Å². The SMILES string of the molecule is CCC1=CNC(CC)C=N1. The molecular formula is C8H14N2. The van der Waals surface area contributed by atoms with Crippen molar-refractivity contribution in [2.75, 3.05) is 0 Å². The smallest absolute Gasteiger partial charge is 0.0608 e.